The quantitative estimate of drug-likeness (QED) is 0.847. The minimum Gasteiger partial charge on any atom is -0.481 e. The van der Waals surface area contributed by atoms with Gasteiger partial charge in [0, 0.05) is 12.6 Å². The molecule has 0 radical (unpaired) electrons. The molecule has 1 aliphatic rings. The van der Waals surface area contributed by atoms with E-state index in [9.17, 15) is 4.79 Å². The third-order valence-corrected chi connectivity index (χ3v) is 3.43. The van der Waals surface area contributed by atoms with Crippen LogP contribution in [0.15, 0.2) is 30.3 Å². The Labute approximate surface area is 102 Å². The molecular weight excluding hydrogens is 214 g/mol. The lowest BCUT2D eigenvalue weighted by molar-refractivity contribution is -0.137. The Bertz CT molecular complexity index is 364. The Hall–Kier alpha value is -1.35. The van der Waals surface area contributed by atoms with Gasteiger partial charge in [0.05, 0.1) is 6.42 Å². The third-order valence-electron chi connectivity index (χ3n) is 3.43. The normalized spacial score (nSPS) is 20.6. The lowest BCUT2D eigenvalue weighted by Crippen LogP contribution is -2.33. The second-order valence-electron chi connectivity index (χ2n) is 4.67. The van der Waals surface area contributed by atoms with Crippen molar-refractivity contribution in [3.05, 3.63) is 35.9 Å². The molecule has 0 amide bonds. The van der Waals surface area contributed by atoms with Gasteiger partial charge in [0.2, 0.25) is 0 Å². The first kappa shape index (κ1) is 12.1. The minimum atomic E-state index is -0.699. The van der Waals surface area contributed by atoms with Crippen LogP contribution in [0.5, 0.6) is 0 Å². The highest BCUT2D eigenvalue weighted by atomic mass is 16.4. The lowest BCUT2D eigenvalue weighted by Gasteiger charge is -2.23. The summed E-state index contributed by atoms with van der Waals surface area (Å²) in [6.07, 6.45) is 3.68. The molecule has 3 heteroatoms. The lowest BCUT2D eigenvalue weighted by atomic mass is 10.0. The van der Waals surface area contributed by atoms with Gasteiger partial charge < -0.3 is 5.11 Å². The Balaban J connectivity index is 1.89. The fourth-order valence-electron chi connectivity index (χ4n) is 2.55. The van der Waals surface area contributed by atoms with E-state index in [4.69, 9.17) is 5.11 Å². The maximum atomic E-state index is 10.6. The van der Waals surface area contributed by atoms with Crippen molar-refractivity contribution >= 4 is 5.97 Å². The van der Waals surface area contributed by atoms with Crippen molar-refractivity contribution in [1.82, 2.24) is 4.90 Å². The van der Waals surface area contributed by atoms with Gasteiger partial charge >= 0.3 is 5.97 Å². The van der Waals surface area contributed by atoms with Gasteiger partial charge in [-0.25, -0.2) is 0 Å². The molecule has 1 fully saturated rings. The number of carboxylic acid groups (broad SMARTS) is 1. The summed E-state index contributed by atoms with van der Waals surface area (Å²) >= 11 is 0. The largest absolute Gasteiger partial charge is 0.481 e. The number of benzene rings is 1. The summed E-state index contributed by atoms with van der Waals surface area (Å²) < 4.78 is 0. The van der Waals surface area contributed by atoms with Gasteiger partial charge in [-0.2, -0.15) is 0 Å². The van der Waals surface area contributed by atoms with Gasteiger partial charge in [0.25, 0.3) is 0 Å². The van der Waals surface area contributed by atoms with E-state index in [0.29, 0.717) is 12.6 Å². The summed E-state index contributed by atoms with van der Waals surface area (Å²) in [4.78, 5) is 12.9. The van der Waals surface area contributed by atoms with Crippen LogP contribution >= 0.6 is 0 Å². The van der Waals surface area contributed by atoms with E-state index >= 15 is 0 Å². The average molecular weight is 233 g/mol. The van der Waals surface area contributed by atoms with Crippen LogP contribution in [0.25, 0.3) is 0 Å². The second kappa shape index (κ2) is 5.82. The summed E-state index contributed by atoms with van der Waals surface area (Å²) in [6, 6.07) is 11.0. The zero-order valence-corrected chi connectivity index (χ0v) is 10.0. The molecule has 17 heavy (non-hydrogen) atoms. The van der Waals surface area contributed by atoms with Crippen molar-refractivity contribution in [2.24, 2.45) is 0 Å². The van der Waals surface area contributed by atoms with Gasteiger partial charge in [-0.15, -0.1) is 0 Å². The molecule has 0 spiro atoms. The van der Waals surface area contributed by atoms with Crippen LogP contribution in [0.3, 0.4) is 0 Å². The van der Waals surface area contributed by atoms with Crippen LogP contribution in [-0.4, -0.2) is 35.1 Å². The first-order valence-corrected chi connectivity index (χ1v) is 6.25. The number of hydrogen-bond acceptors (Lipinski definition) is 2. The van der Waals surface area contributed by atoms with E-state index in [0.717, 1.165) is 13.0 Å². The molecule has 0 unspecified atom stereocenters. The van der Waals surface area contributed by atoms with Crippen molar-refractivity contribution in [2.75, 3.05) is 13.1 Å². The number of carbonyl (C=O) groups is 1. The maximum Gasteiger partial charge on any atom is 0.304 e. The summed E-state index contributed by atoms with van der Waals surface area (Å²) in [7, 11) is 0. The number of aliphatic carboxylic acids is 1. The fraction of sp³-hybridized carbons (Fsp3) is 0.500. The van der Waals surface area contributed by atoms with E-state index in [1.807, 2.05) is 6.07 Å². The van der Waals surface area contributed by atoms with E-state index in [-0.39, 0.29) is 6.42 Å². The molecule has 1 saturated heterocycles. The molecule has 3 nitrogen and oxygen atoms in total. The molecule has 0 bridgehead atoms. The third kappa shape index (κ3) is 3.56. The van der Waals surface area contributed by atoms with Gasteiger partial charge in [-0.1, -0.05) is 30.3 Å². The van der Waals surface area contributed by atoms with E-state index in [1.54, 1.807) is 0 Å². The number of rotatable bonds is 5. The molecular formula is C14H19NO2. The number of likely N-dealkylation sites (tertiary alicyclic amines) is 1. The van der Waals surface area contributed by atoms with Gasteiger partial charge in [-0.05, 0) is 31.4 Å². The van der Waals surface area contributed by atoms with Crippen LogP contribution < -0.4 is 0 Å². The van der Waals surface area contributed by atoms with E-state index < -0.39 is 5.97 Å². The molecule has 0 aliphatic carbocycles. The fourth-order valence-corrected chi connectivity index (χ4v) is 2.55. The second-order valence-corrected chi connectivity index (χ2v) is 4.67. The summed E-state index contributed by atoms with van der Waals surface area (Å²) in [5, 5.41) is 8.72. The van der Waals surface area contributed by atoms with Crippen molar-refractivity contribution < 1.29 is 9.90 Å². The standard InChI is InChI=1S/C14H19NO2/c16-14(17)8-10-15-9-4-7-13(15)11-12-5-2-1-3-6-12/h1-3,5-6,13H,4,7-11H2,(H,16,17)/t13-/m0/s1. The Morgan fingerprint density at radius 1 is 1.35 bits per heavy atom. The monoisotopic (exact) mass is 233 g/mol. The van der Waals surface area contributed by atoms with Crippen LogP contribution in [0.4, 0.5) is 0 Å². The van der Waals surface area contributed by atoms with E-state index in [2.05, 4.69) is 29.2 Å². The van der Waals surface area contributed by atoms with Crippen LogP contribution in [0.2, 0.25) is 0 Å². The summed E-state index contributed by atoms with van der Waals surface area (Å²) in [5.74, 6) is -0.699. The van der Waals surface area contributed by atoms with Crippen LogP contribution in [0.1, 0.15) is 24.8 Å². The van der Waals surface area contributed by atoms with Crippen molar-refractivity contribution in [1.29, 1.82) is 0 Å². The molecule has 1 atom stereocenters. The van der Waals surface area contributed by atoms with E-state index in [1.165, 1.54) is 18.4 Å². The molecule has 0 saturated carbocycles. The van der Waals surface area contributed by atoms with Crippen LogP contribution in [-0.2, 0) is 11.2 Å². The van der Waals surface area contributed by atoms with Gasteiger partial charge in [0.1, 0.15) is 0 Å². The first-order valence-electron chi connectivity index (χ1n) is 6.25. The molecule has 1 N–H and O–H groups in total. The minimum absolute atomic E-state index is 0.255. The molecule has 92 valence electrons. The molecule has 2 rings (SSSR count). The molecule has 1 heterocycles. The van der Waals surface area contributed by atoms with Crippen molar-refractivity contribution in [2.45, 2.75) is 31.7 Å². The van der Waals surface area contributed by atoms with Gasteiger partial charge in [0.15, 0.2) is 0 Å². The Morgan fingerprint density at radius 2 is 2.12 bits per heavy atom. The predicted octanol–water partition coefficient (Wildman–Crippen LogP) is 2.17. The highest BCUT2D eigenvalue weighted by Crippen LogP contribution is 2.21. The average Bonchev–Trinajstić information content (AvgIpc) is 2.75. The SMILES string of the molecule is O=C(O)CCN1CCC[C@H]1Cc1ccccc1. The van der Waals surface area contributed by atoms with Crippen molar-refractivity contribution in [3.8, 4) is 0 Å². The maximum absolute atomic E-state index is 10.6. The highest BCUT2D eigenvalue weighted by Gasteiger charge is 2.24. The zero-order valence-electron chi connectivity index (χ0n) is 10.0. The molecule has 1 aromatic rings. The summed E-state index contributed by atoms with van der Waals surface area (Å²) in [5.41, 5.74) is 1.35. The molecule has 0 aromatic heterocycles. The first-order chi connectivity index (χ1) is 8.25. The summed E-state index contributed by atoms with van der Waals surface area (Å²) in [6.45, 7) is 1.73. The Morgan fingerprint density at radius 3 is 2.82 bits per heavy atom. The molecule has 1 aliphatic heterocycles. The number of carboxylic acids is 1. The number of hydrogen-bond donors (Lipinski definition) is 1. The highest BCUT2D eigenvalue weighted by molar-refractivity contribution is 5.66. The predicted molar refractivity (Wildman–Crippen MR) is 67.0 cm³/mol. The zero-order chi connectivity index (χ0) is 12.1. The van der Waals surface area contributed by atoms with Gasteiger partial charge in [-0.3, -0.25) is 9.69 Å². The smallest absolute Gasteiger partial charge is 0.304 e. The van der Waals surface area contributed by atoms with Crippen LogP contribution in [0, 0.1) is 0 Å². The Kier molecular flexibility index (Phi) is 4.15. The number of nitrogens with zero attached hydrogens (tertiary/aromatic N) is 1. The molecule has 1 aromatic carbocycles. The topological polar surface area (TPSA) is 40.5 Å². The van der Waals surface area contributed by atoms with Crippen molar-refractivity contribution in [3.63, 3.8) is 0 Å².